The van der Waals surface area contributed by atoms with Crippen LogP contribution < -0.4 is 4.74 Å². The van der Waals surface area contributed by atoms with Gasteiger partial charge in [-0.25, -0.2) is 0 Å². The molecule has 112 valence electrons. The zero-order valence-electron chi connectivity index (χ0n) is 11.4. The SMILES string of the molecule is Cc1cc(CO)ccc1OCc1cccc(C(F)(F)F)c1. The Morgan fingerprint density at radius 2 is 1.81 bits per heavy atom. The summed E-state index contributed by atoms with van der Waals surface area (Å²) in [6.07, 6.45) is -4.35. The first-order valence-corrected chi connectivity index (χ1v) is 6.39. The summed E-state index contributed by atoms with van der Waals surface area (Å²) in [5.41, 5.74) is 1.36. The molecule has 0 aliphatic rings. The molecule has 21 heavy (non-hydrogen) atoms. The van der Waals surface area contributed by atoms with E-state index in [9.17, 15) is 13.2 Å². The predicted molar refractivity (Wildman–Crippen MR) is 72.9 cm³/mol. The van der Waals surface area contributed by atoms with Gasteiger partial charge in [0.05, 0.1) is 12.2 Å². The summed E-state index contributed by atoms with van der Waals surface area (Å²) >= 11 is 0. The fraction of sp³-hybridized carbons (Fsp3) is 0.250. The van der Waals surface area contributed by atoms with E-state index in [0.717, 1.165) is 23.3 Å². The summed E-state index contributed by atoms with van der Waals surface area (Å²) in [5, 5.41) is 9.02. The Hall–Kier alpha value is -2.01. The molecule has 0 saturated heterocycles. The number of rotatable bonds is 4. The van der Waals surface area contributed by atoms with Crippen molar-refractivity contribution >= 4 is 0 Å². The topological polar surface area (TPSA) is 29.5 Å². The van der Waals surface area contributed by atoms with Crippen LogP contribution in [0.1, 0.15) is 22.3 Å². The second kappa shape index (κ2) is 6.18. The molecule has 0 aliphatic carbocycles. The fourth-order valence-electron chi connectivity index (χ4n) is 1.97. The van der Waals surface area contributed by atoms with Crippen LogP contribution in [0.25, 0.3) is 0 Å². The summed E-state index contributed by atoms with van der Waals surface area (Å²) in [4.78, 5) is 0. The molecule has 0 heterocycles. The number of aryl methyl sites for hydroxylation is 1. The highest BCUT2D eigenvalue weighted by atomic mass is 19.4. The Morgan fingerprint density at radius 3 is 2.43 bits per heavy atom. The molecule has 0 radical (unpaired) electrons. The zero-order chi connectivity index (χ0) is 15.5. The predicted octanol–water partition coefficient (Wildman–Crippen LogP) is 4.09. The zero-order valence-corrected chi connectivity index (χ0v) is 11.4. The first-order chi connectivity index (χ1) is 9.90. The molecular weight excluding hydrogens is 281 g/mol. The van der Waals surface area contributed by atoms with E-state index in [1.54, 1.807) is 24.3 Å². The maximum atomic E-state index is 12.6. The number of halogens is 3. The van der Waals surface area contributed by atoms with Crippen LogP contribution in [0.5, 0.6) is 5.75 Å². The second-order valence-corrected chi connectivity index (χ2v) is 4.74. The average molecular weight is 296 g/mol. The molecule has 0 spiro atoms. The lowest BCUT2D eigenvalue weighted by atomic mass is 10.1. The van der Waals surface area contributed by atoms with E-state index in [1.807, 2.05) is 6.92 Å². The number of hydrogen-bond donors (Lipinski definition) is 1. The van der Waals surface area contributed by atoms with Crippen LogP contribution in [0, 0.1) is 6.92 Å². The van der Waals surface area contributed by atoms with Crippen LogP contribution >= 0.6 is 0 Å². The monoisotopic (exact) mass is 296 g/mol. The quantitative estimate of drug-likeness (QED) is 0.921. The van der Waals surface area contributed by atoms with Crippen molar-refractivity contribution in [3.8, 4) is 5.75 Å². The normalized spacial score (nSPS) is 11.5. The third-order valence-corrected chi connectivity index (χ3v) is 3.07. The Balaban J connectivity index is 2.10. The van der Waals surface area contributed by atoms with Gasteiger partial charge in [0.15, 0.2) is 0 Å². The Labute approximate surface area is 120 Å². The molecular formula is C16H15F3O2. The molecule has 0 bridgehead atoms. The number of ether oxygens (including phenoxy) is 1. The molecule has 0 aromatic heterocycles. The average Bonchev–Trinajstić information content (AvgIpc) is 2.45. The van der Waals surface area contributed by atoms with E-state index < -0.39 is 11.7 Å². The molecule has 0 saturated carbocycles. The van der Waals surface area contributed by atoms with Gasteiger partial charge in [-0.2, -0.15) is 13.2 Å². The largest absolute Gasteiger partial charge is 0.489 e. The molecule has 2 aromatic carbocycles. The van der Waals surface area contributed by atoms with Crippen LogP contribution in [-0.4, -0.2) is 5.11 Å². The van der Waals surface area contributed by atoms with Crippen molar-refractivity contribution in [2.45, 2.75) is 26.3 Å². The highest BCUT2D eigenvalue weighted by molar-refractivity contribution is 5.36. The van der Waals surface area contributed by atoms with Crippen molar-refractivity contribution in [3.05, 3.63) is 64.7 Å². The highest BCUT2D eigenvalue weighted by Gasteiger charge is 2.30. The van der Waals surface area contributed by atoms with Crippen LogP contribution in [0.4, 0.5) is 13.2 Å². The maximum Gasteiger partial charge on any atom is 0.416 e. The molecule has 0 atom stereocenters. The smallest absolute Gasteiger partial charge is 0.416 e. The van der Waals surface area contributed by atoms with E-state index in [-0.39, 0.29) is 13.2 Å². The van der Waals surface area contributed by atoms with Gasteiger partial charge in [-0.1, -0.05) is 24.3 Å². The van der Waals surface area contributed by atoms with Gasteiger partial charge in [0.1, 0.15) is 12.4 Å². The Bertz CT molecular complexity index is 621. The van der Waals surface area contributed by atoms with Crippen molar-refractivity contribution in [2.24, 2.45) is 0 Å². The van der Waals surface area contributed by atoms with Gasteiger partial charge in [0.25, 0.3) is 0 Å². The number of aliphatic hydroxyl groups is 1. The lowest BCUT2D eigenvalue weighted by Gasteiger charge is -2.12. The minimum Gasteiger partial charge on any atom is -0.489 e. The van der Waals surface area contributed by atoms with Crippen molar-refractivity contribution in [1.29, 1.82) is 0 Å². The summed E-state index contributed by atoms with van der Waals surface area (Å²) in [6, 6.07) is 10.3. The maximum absolute atomic E-state index is 12.6. The minimum absolute atomic E-state index is 0.0588. The van der Waals surface area contributed by atoms with Gasteiger partial charge in [-0.3, -0.25) is 0 Å². The van der Waals surface area contributed by atoms with Crippen molar-refractivity contribution in [3.63, 3.8) is 0 Å². The van der Waals surface area contributed by atoms with Crippen molar-refractivity contribution < 1.29 is 23.0 Å². The summed E-state index contributed by atoms with van der Waals surface area (Å²) in [6.45, 7) is 1.82. The van der Waals surface area contributed by atoms with Gasteiger partial charge >= 0.3 is 6.18 Å². The molecule has 0 unspecified atom stereocenters. The van der Waals surface area contributed by atoms with Crippen LogP contribution in [0.2, 0.25) is 0 Å². The summed E-state index contributed by atoms with van der Waals surface area (Å²) in [7, 11) is 0. The third-order valence-electron chi connectivity index (χ3n) is 3.07. The minimum atomic E-state index is -4.35. The summed E-state index contributed by atoms with van der Waals surface area (Å²) < 4.78 is 43.4. The van der Waals surface area contributed by atoms with Crippen LogP contribution in [0.15, 0.2) is 42.5 Å². The van der Waals surface area contributed by atoms with Gasteiger partial charge in [0.2, 0.25) is 0 Å². The molecule has 5 heteroatoms. The number of benzene rings is 2. The van der Waals surface area contributed by atoms with E-state index in [2.05, 4.69) is 0 Å². The Morgan fingerprint density at radius 1 is 1.05 bits per heavy atom. The lowest BCUT2D eigenvalue weighted by molar-refractivity contribution is -0.137. The number of hydrogen-bond acceptors (Lipinski definition) is 2. The van der Waals surface area contributed by atoms with Gasteiger partial charge < -0.3 is 9.84 Å². The molecule has 2 rings (SSSR count). The van der Waals surface area contributed by atoms with E-state index >= 15 is 0 Å². The molecule has 0 fully saturated rings. The Kier molecular flexibility index (Phi) is 4.53. The first kappa shape index (κ1) is 15.4. The van der Waals surface area contributed by atoms with Gasteiger partial charge in [-0.15, -0.1) is 0 Å². The second-order valence-electron chi connectivity index (χ2n) is 4.74. The van der Waals surface area contributed by atoms with Crippen molar-refractivity contribution in [1.82, 2.24) is 0 Å². The van der Waals surface area contributed by atoms with E-state index in [0.29, 0.717) is 11.3 Å². The lowest BCUT2D eigenvalue weighted by Crippen LogP contribution is -2.06. The third kappa shape index (κ3) is 3.98. The fourth-order valence-corrected chi connectivity index (χ4v) is 1.97. The highest BCUT2D eigenvalue weighted by Crippen LogP contribution is 2.30. The number of aliphatic hydroxyl groups excluding tert-OH is 1. The first-order valence-electron chi connectivity index (χ1n) is 6.39. The van der Waals surface area contributed by atoms with Gasteiger partial charge in [0, 0.05) is 0 Å². The van der Waals surface area contributed by atoms with Crippen LogP contribution in [-0.2, 0) is 19.4 Å². The number of alkyl halides is 3. The molecule has 2 nitrogen and oxygen atoms in total. The van der Waals surface area contributed by atoms with E-state index in [1.165, 1.54) is 6.07 Å². The van der Waals surface area contributed by atoms with Gasteiger partial charge in [-0.05, 0) is 41.8 Å². The molecule has 2 aromatic rings. The molecule has 0 amide bonds. The molecule has 1 N–H and O–H groups in total. The molecule has 0 aliphatic heterocycles. The standard InChI is InChI=1S/C16H15F3O2/c1-11-7-12(9-20)5-6-15(11)21-10-13-3-2-4-14(8-13)16(17,18)19/h2-8,20H,9-10H2,1H3. The van der Waals surface area contributed by atoms with Crippen molar-refractivity contribution in [2.75, 3.05) is 0 Å². The summed E-state index contributed by atoms with van der Waals surface area (Å²) in [5.74, 6) is 0.588. The van der Waals surface area contributed by atoms with E-state index in [4.69, 9.17) is 9.84 Å². The van der Waals surface area contributed by atoms with Crippen LogP contribution in [0.3, 0.4) is 0 Å².